The maximum absolute atomic E-state index is 11.6. The number of nitrogens with one attached hydrogen (secondary N) is 1. The van der Waals surface area contributed by atoms with Gasteiger partial charge in [0.1, 0.15) is 11.8 Å². The van der Waals surface area contributed by atoms with E-state index in [1.807, 2.05) is 26.0 Å². The van der Waals surface area contributed by atoms with Gasteiger partial charge in [-0.15, -0.1) is 0 Å². The zero-order valence-corrected chi connectivity index (χ0v) is 11.8. The molecular weight excluding hydrogens is 250 g/mol. The van der Waals surface area contributed by atoms with Crippen LogP contribution < -0.4 is 5.32 Å². The molecule has 1 N–H and O–H groups in total. The van der Waals surface area contributed by atoms with Crippen LogP contribution in [0.4, 0.5) is 0 Å². The normalized spacial score (nSPS) is 12.3. The summed E-state index contributed by atoms with van der Waals surface area (Å²) in [5.41, 5.74) is 0. The van der Waals surface area contributed by atoms with Crippen LogP contribution >= 0.6 is 11.8 Å². The molecule has 0 aliphatic rings. The number of furan rings is 1. The monoisotopic (exact) mass is 271 g/mol. The van der Waals surface area contributed by atoms with Gasteiger partial charge in [-0.25, -0.2) is 0 Å². The van der Waals surface area contributed by atoms with Crippen molar-refractivity contribution in [1.29, 1.82) is 0 Å². The predicted octanol–water partition coefficient (Wildman–Crippen LogP) is 2.44. The first-order valence-corrected chi connectivity index (χ1v) is 7.43. The average Bonchev–Trinajstić information content (AvgIpc) is 2.86. The number of hydrogen-bond donors (Lipinski definition) is 1. The van der Waals surface area contributed by atoms with E-state index in [9.17, 15) is 4.79 Å². The van der Waals surface area contributed by atoms with Crippen LogP contribution in [-0.2, 0) is 15.3 Å². The Morgan fingerprint density at radius 3 is 3.00 bits per heavy atom. The highest BCUT2D eigenvalue weighted by Crippen LogP contribution is 2.14. The van der Waals surface area contributed by atoms with Gasteiger partial charge in [0.05, 0.1) is 18.6 Å². The summed E-state index contributed by atoms with van der Waals surface area (Å²) < 4.78 is 10.3. The summed E-state index contributed by atoms with van der Waals surface area (Å²) >= 11 is 1.76. The number of hydrogen-bond acceptors (Lipinski definition) is 5. The van der Waals surface area contributed by atoms with Crippen LogP contribution in [0.3, 0.4) is 0 Å². The van der Waals surface area contributed by atoms with E-state index in [4.69, 9.17) is 9.15 Å². The fourth-order valence-electron chi connectivity index (χ4n) is 1.56. The number of rotatable bonds is 9. The van der Waals surface area contributed by atoms with Crippen LogP contribution in [0, 0.1) is 0 Å². The molecule has 0 aromatic carbocycles. The molecule has 0 fully saturated rings. The number of ether oxygens (including phenoxy) is 1. The largest absolute Gasteiger partial charge is 0.468 e. The Morgan fingerprint density at radius 1 is 1.56 bits per heavy atom. The second-order valence-corrected chi connectivity index (χ2v) is 4.89. The van der Waals surface area contributed by atoms with Gasteiger partial charge in [0.25, 0.3) is 0 Å². The first kappa shape index (κ1) is 15.1. The smallest absolute Gasteiger partial charge is 0.323 e. The van der Waals surface area contributed by atoms with Gasteiger partial charge < -0.3 is 14.5 Å². The average molecular weight is 271 g/mol. The Hall–Kier alpha value is -0.940. The molecule has 0 radical (unpaired) electrons. The minimum absolute atomic E-state index is 0.155. The molecule has 0 aliphatic heterocycles. The predicted molar refractivity (Wildman–Crippen MR) is 73.6 cm³/mol. The molecule has 1 rings (SSSR count). The third-order valence-corrected chi connectivity index (χ3v) is 3.41. The number of likely N-dealkylation sites (N-methyl/N-ethyl adjacent to an activating group) is 1. The van der Waals surface area contributed by atoms with E-state index in [2.05, 4.69) is 5.32 Å². The molecule has 0 aliphatic carbocycles. The second kappa shape index (κ2) is 9.05. The fourth-order valence-corrected chi connectivity index (χ4v) is 2.47. The van der Waals surface area contributed by atoms with E-state index in [1.54, 1.807) is 18.0 Å². The van der Waals surface area contributed by atoms with Crippen molar-refractivity contribution in [1.82, 2.24) is 5.32 Å². The minimum atomic E-state index is -0.195. The van der Waals surface area contributed by atoms with Crippen molar-refractivity contribution in [3.8, 4) is 0 Å². The third kappa shape index (κ3) is 5.60. The quantitative estimate of drug-likeness (QED) is 0.552. The molecule has 1 unspecified atom stereocenters. The Balaban J connectivity index is 2.22. The summed E-state index contributed by atoms with van der Waals surface area (Å²) in [5, 5.41) is 3.15. The molecular formula is C13H21NO3S. The van der Waals surface area contributed by atoms with E-state index < -0.39 is 0 Å². The van der Waals surface area contributed by atoms with Crippen molar-refractivity contribution in [3.05, 3.63) is 24.2 Å². The van der Waals surface area contributed by atoms with Gasteiger partial charge in [0.2, 0.25) is 0 Å². The van der Waals surface area contributed by atoms with Crippen molar-refractivity contribution in [2.75, 3.05) is 18.9 Å². The van der Waals surface area contributed by atoms with Crippen LogP contribution in [0.2, 0.25) is 0 Å². The van der Waals surface area contributed by atoms with E-state index in [1.165, 1.54) is 0 Å². The maximum Gasteiger partial charge on any atom is 0.323 e. The lowest BCUT2D eigenvalue weighted by atomic mass is 10.2. The highest BCUT2D eigenvalue weighted by atomic mass is 32.2. The molecule has 18 heavy (non-hydrogen) atoms. The lowest BCUT2D eigenvalue weighted by Gasteiger charge is -2.15. The molecule has 0 saturated heterocycles. The summed E-state index contributed by atoms with van der Waals surface area (Å²) in [5.74, 6) is 2.56. The summed E-state index contributed by atoms with van der Waals surface area (Å²) in [6, 6.07) is 3.65. The number of carbonyl (C=O) groups is 1. The maximum atomic E-state index is 11.6. The van der Waals surface area contributed by atoms with E-state index >= 15 is 0 Å². The van der Waals surface area contributed by atoms with Crippen LogP contribution in [0.5, 0.6) is 0 Å². The Kier molecular flexibility index (Phi) is 7.60. The lowest BCUT2D eigenvalue weighted by molar-refractivity contribution is -0.145. The Bertz CT molecular complexity index is 327. The van der Waals surface area contributed by atoms with Crippen molar-refractivity contribution in [2.24, 2.45) is 0 Å². The molecule has 1 heterocycles. The van der Waals surface area contributed by atoms with Gasteiger partial charge in [0, 0.05) is 0 Å². The van der Waals surface area contributed by atoms with E-state index in [-0.39, 0.29) is 12.0 Å². The topological polar surface area (TPSA) is 51.5 Å². The molecule has 0 saturated carbocycles. The van der Waals surface area contributed by atoms with Gasteiger partial charge in [-0.1, -0.05) is 6.92 Å². The summed E-state index contributed by atoms with van der Waals surface area (Å²) in [6.07, 6.45) is 2.45. The SMILES string of the molecule is CCNC(CCSCc1ccco1)C(=O)OCC. The van der Waals surface area contributed by atoms with E-state index in [0.29, 0.717) is 6.61 Å². The van der Waals surface area contributed by atoms with Gasteiger partial charge in [-0.2, -0.15) is 11.8 Å². The third-order valence-electron chi connectivity index (χ3n) is 2.40. The van der Waals surface area contributed by atoms with Gasteiger partial charge in [0.15, 0.2) is 0 Å². The number of carbonyl (C=O) groups excluding carboxylic acids is 1. The summed E-state index contributed by atoms with van der Waals surface area (Å²) in [7, 11) is 0. The second-order valence-electron chi connectivity index (χ2n) is 3.78. The van der Waals surface area contributed by atoms with Crippen molar-refractivity contribution < 1.29 is 13.9 Å². The molecule has 0 spiro atoms. The number of thioether (sulfide) groups is 1. The molecule has 0 bridgehead atoms. The summed E-state index contributed by atoms with van der Waals surface area (Å²) in [6.45, 7) is 5.02. The highest BCUT2D eigenvalue weighted by Gasteiger charge is 2.17. The number of esters is 1. The molecule has 102 valence electrons. The summed E-state index contributed by atoms with van der Waals surface area (Å²) in [4.78, 5) is 11.6. The standard InChI is InChI=1S/C13H21NO3S/c1-3-14-12(13(15)16-4-2)7-9-18-10-11-6-5-8-17-11/h5-6,8,12,14H,3-4,7,9-10H2,1-2H3. The Morgan fingerprint density at radius 2 is 2.39 bits per heavy atom. The van der Waals surface area contributed by atoms with E-state index in [0.717, 1.165) is 30.2 Å². The van der Waals surface area contributed by atoms with Crippen molar-refractivity contribution >= 4 is 17.7 Å². The zero-order valence-electron chi connectivity index (χ0n) is 11.0. The van der Waals surface area contributed by atoms with Crippen molar-refractivity contribution in [2.45, 2.75) is 32.1 Å². The highest BCUT2D eigenvalue weighted by molar-refractivity contribution is 7.98. The van der Waals surface area contributed by atoms with Crippen LogP contribution in [0.1, 0.15) is 26.0 Å². The molecule has 1 atom stereocenters. The Labute approximate surface area is 112 Å². The molecule has 4 nitrogen and oxygen atoms in total. The minimum Gasteiger partial charge on any atom is -0.468 e. The molecule has 5 heteroatoms. The van der Waals surface area contributed by atoms with Crippen molar-refractivity contribution in [3.63, 3.8) is 0 Å². The fraction of sp³-hybridized carbons (Fsp3) is 0.615. The van der Waals surface area contributed by atoms with Gasteiger partial charge in [-0.3, -0.25) is 4.79 Å². The lowest BCUT2D eigenvalue weighted by Crippen LogP contribution is -2.38. The van der Waals surface area contributed by atoms with Crippen LogP contribution in [0.25, 0.3) is 0 Å². The first-order valence-electron chi connectivity index (χ1n) is 6.28. The first-order chi connectivity index (χ1) is 8.77. The molecule has 0 amide bonds. The van der Waals surface area contributed by atoms with Crippen LogP contribution in [-0.4, -0.2) is 30.9 Å². The van der Waals surface area contributed by atoms with Gasteiger partial charge >= 0.3 is 5.97 Å². The molecule has 1 aromatic rings. The van der Waals surface area contributed by atoms with Gasteiger partial charge in [-0.05, 0) is 37.8 Å². The zero-order chi connectivity index (χ0) is 13.2. The molecule has 1 aromatic heterocycles. The van der Waals surface area contributed by atoms with Crippen LogP contribution in [0.15, 0.2) is 22.8 Å².